The predicted octanol–water partition coefficient (Wildman–Crippen LogP) is -0.446. The normalized spacial score (nSPS) is 5.33. The van der Waals surface area contributed by atoms with Crippen LogP contribution in [0.1, 0.15) is 0 Å². The maximum Gasteiger partial charge on any atom is 2.00 e. The molecule has 0 bridgehead atoms. The summed E-state index contributed by atoms with van der Waals surface area (Å²) in [5.41, 5.74) is 9.31. The maximum atomic E-state index is 4.66. The molecule has 0 unspecified atom stereocenters. The number of rotatable bonds is 0. The molecule has 2 nitrogen and oxygen atoms in total. The number of hydrogen-bond donors (Lipinski definition) is 2. The van der Waals surface area contributed by atoms with Crippen LogP contribution in [0.25, 0.3) is 0 Å². The molecular formula is C2H4EuN2S4. The first kappa shape index (κ1) is 17.1. The van der Waals surface area contributed by atoms with Crippen LogP contribution in [-0.2, 0) is 25.3 Å². The van der Waals surface area contributed by atoms with Crippen molar-refractivity contribution in [2.45, 2.75) is 0 Å². The molecule has 0 fully saturated rings. The number of nitrogens with two attached hydrogens (primary N) is 2. The molecule has 0 aromatic heterocycles. The summed E-state index contributed by atoms with van der Waals surface area (Å²) in [5, 5.41) is 0. The Morgan fingerprint density at radius 2 is 1.00 bits per heavy atom. The minimum Gasteiger partial charge on any atom is -0.415 e. The van der Waals surface area contributed by atoms with E-state index in [9.17, 15) is 0 Å². The fraction of sp³-hybridized carbons (Fsp3) is 0. The standard InChI is InChI=1S/2CH3NS2.Eu/c2*2-1(3)4;/h2*(H3,2,3,4);/q;;+2/p-2. The van der Waals surface area contributed by atoms with E-state index < -0.39 is 0 Å². The average molecular weight is 336 g/mol. The molecule has 0 heterocycles. The summed E-state index contributed by atoms with van der Waals surface area (Å²) in [6, 6.07) is 0. The van der Waals surface area contributed by atoms with Gasteiger partial charge in [0.2, 0.25) is 0 Å². The first-order valence-corrected chi connectivity index (χ1v) is 3.03. The zero-order valence-electron chi connectivity index (χ0n) is 4.17. The van der Waals surface area contributed by atoms with E-state index in [1.54, 1.807) is 0 Å². The molecule has 0 aromatic carbocycles. The minimum atomic E-state index is 0. The van der Waals surface area contributed by atoms with Gasteiger partial charge in [-0.25, -0.2) is 0 Å². The third-order valence-electron chi connectivity index (χ3n) is 0. The minimum absolute atomic E-state index is 0. The Morgan fingerprint density at radius 1 is 1.00 bits per heavy atom. The molecule has 4 N–H and O–H groups in total. The molecule has 0 aliphatic carbocycles. The van der Waals surface area contributed by atoms with Crippen LogP contribution in [0.2, 0.25) is 0 Å². The Morgan fingerprint density at radius 3 is 1.00 bits per heavy atom. The van der Waals surface area contributed by atoms with E-state index in [2.05, 4.69) is 61.2 Å². The van der Waals surface area contributed by atoms with Crippen molar-refractivity contribution in [3.63, 3.8) is 0 Å². The third-order valence-corrected chi connectivity index (χ3v) is 0. The molecule has 0 aliphatic rings. The van der Waals surface area contributed by atoms with Crippen LogP contribution in [0.3, 0.4) is 0 Å². The van der Waals surface area contributed by atoms with Crippen molar-refractivity contribution >= 4 is 58.3 Å². The van der Waals surface area contributed by atoms with Gasteiger partial charge in [0.25, 0.3) is 0 Å². The van der Waals surface area contributed by atoms with Crippen molar-refractivity contribution in [2.24, 2.45) is 11.5 Å². The Kier molecular flexibility index (Phi) is 23.6. The summed E-state index contributed by atoms with van der Waals surface area (Å²) >= 11 is 16.5. The van der Waals surface area contributed by atoms with Gasteiger partial charge in [0.05, 0.1) is 0 Å². The molecule has 0 aromatic rings. The van der Waals surface area contributed by atoms with Gasteiger partial charge in [0.15, 0.2) is 0 Å². The second-order valence-electron chi connectivity index (χ2n) is 0.638. The van der Waals surface area contributed by atoms with Gasteiger partial charge >= 0.3 is 49.4 Å². The van der Waals surface area contributed by atoms with Crippen LogP contribution in [0.5, 0.6) is 0 Å². The van der Waals surface area contributed by atoms with Crippen LogP contribution >= 0.6 is 24.4 Å². The zero-order chi connectivity index (χ0) is 7.15. The summed E-state index contributed by atoms with van der Waals surface area (Å²) in [7, 11) is 0. The van der Waals surface area contributed by atoms with E-state index in [0.717, 1.165) is 0 Å². The molecule has 0 amide bonds. The molecule has 9 heavy (non-hydrogen) atoms. The average Bonchev–Trinajstić information content (AvgIpc) is 1.25. The Hall–Kier alpha value is 1.80. The Labute approximate surface area is 117 Å². The van der Waals surface area contributed by atoms with Gasteiger partial charge in [-0.3, -0.25) is 0 Å². The molecule has 0 aliphatic heterocycles. The topological polar surface area (TPSA) is 52.0 Å². The van der Waals surface area contributed by atoms with Crippen LogP contribution < -0.4 is 11.5 Å². The van der Waals surface area contributed by atoms with E-state index in [4.69, 9.17) is 0 Å². The summed E-state index contributed by atoms with van der Waals surface area (Å²) < 4.78 is 0.167. The quantitative estimate of drug-likeness (QED) is 0.462. The second kappa shape index (κ2) is 12.5. The third kappa shape index (κ3) is 183. The van der Waals surface area contributed by atoms with Crippen LogP contribution in [0.15, 0.2) is 0 Å². The molecule has 53 valence electrons. The summed E-state index contributed by atoms with van der Waals surface area (Å²) in [6.07, 6.45) is 0. The van der Waals surface area contributed by atoms with Crippen LogP contribution in [0.4, 0.5) is 0 Å². The van der Waals surface area contributed by atoms with E-state index >= 15 is 0 Å². The Balaban J connectivity index is -0.0000000720. The first-order chi connectivity index (χ1) is 3.46. The molecule has 0 saturated carbocycles. The smallest absolute Gasteiger partial charge is 0.415 e. The maximum absolute atomic E-state index is 4.66. The van der Waals surface area contributed by atoms with Crippen molar-refractivity contribution in [1.82, 2.24) is 0 Å². The molecule has 0 atom stereocenters. The van der Waals surface area contributed by atoms with Crippen molar-refractivity contribution in [3.8, 4) is 0 Å². The van der Waals surface area contributed by atoms with Crippen molar-refractivity contribution in [2.75, 3.05) is 0 Å². The molecule has 0 saturated heterocycles. The van der Waals surface area contributed by atoms with Gasteiger partial charge in [-0.1, -0.05) is 8.64 Å². The molecule has 1 radical (unpaired) electrons. The first-order valence-electron chi connectivity index (χ1n) is 1.39. The fourth-order valence-corrected chi connectivity index (χ4v) is 0. The second-order valence-corrected chi connectivity index (χ2v) is 2.91. The summed E-state index contributed by atoms with van der Waals surface area (Å²) in [5.74, 6) is 0. The molecular weight excluding hydrogens is 332 g/mol. The van der Waals surface area contributed by atoms with E-state index in [0.29, 0.717) is 0 Å². The largest absolute Gasteiger partial charge is 2.00 e. The van der Waals surface area contributed by atoms with Gasteiger partial charge in [-0.2, -0.15) is 0 Å². The summed E-state index contributed by atoms with van der Waals surface area (Å²) in [4.78, 5) is 0. The van der Waals surface area contributed by atoms with E-state index in [1.807, 2.05) is 0 Å². The van der Waals surface area contributed by atoms with Crippen molar-refractivity contribution in [1.29, 1.82) is 0 Å². The van der Waals surface area contributed by atoms with Gasteiger partial charge in [-0.05, 0) is 0 Å². The molecule has 0 rings (SSSR count). The van der Waals surface area contributed by atoms with E-state index in [1.165, 1.54) is 0 Å². The van der Waals surface area contributed by atoms with Crippen molar-refractivity contribution in [3.05, 3.63) is 0 Å². The van der Waals surface area contributed by atoms with Gasteiger partial charge < -0.3 is 61.2 Å². The monoisotopic (exact) mass is 337 g/mol. The van der Waals surface area contributed by atoms with Gasteiger partial charge in [0.1, 0.15) is 0 Å². The van der Waals surface area contributed by atoms with Gasteiger partial charge in [-0.15, -0.1) is 0 Å². The molecule has 0 spiro atoms. The van der Waals surface area contributed by atoms with Crippen molar-refractivity contribution < 1.29 is 49.4 Å². The molecule has 7 heteroatoms. The number of thiocarbonyl (C=S) groups is 2. The predicted molar refractivity (Wildman–Crippen MR) is 48.3 cm³/mol. The van der Waals surface area contributed by atoms with Crippen LogP contribution in [-0.4, -0.2) is 8.64 Å². The number of hydrogen-bond acceptors (Lipinski definition) is 4. The zero-order valence-corrected chi connectivity index (χ0v) is 9.86. The van der Waals surface area contributed by atoms with Crippen LogP contribution in [0, 0.1) is 49.4 Å². The van der Waals surface area contributed by atoms with Gasteiger partial charge in [0, 0.05) is 0 Å². The Bertz CT molecular complexity index is 74.6. The van der Waals surface area contributed by atoms with E-state index in [-0.39, 0.29) is 58.0 Å². The SMILES string of the molecule is NC(=S)[S-].NC(=S)[S-].[Eu+2]. The summed E-state index contributed by atoms with van der Waals surface area (Å²) in [6.45, 7) is 0. The fourth-order valence-electron chi connectivity index (χ4n) is 0.